The van der Waals surface area contributed by atoms with Crippen LogP contribution in [-0.4, -0.2) is 63.1 Å². The second kappa shape index (κ2) is 10.1. The molecule has 2 N–H and O–H groups in total. The van der Waals surface area contributed by atoms with Gasteiger partial charge in [-0.2, -0.15) is 10.2 Å². The highest BCUT2D eigenvalue weighted by Crippen LogP contribution is 2.21. The summed E-state index contributed by atoms with van der Waals surface area (Å²) in [6.45, 7) is 2.86. The number of benzene rings is 1. The van der Waals surface area contributed by atoms with E-state index in [1.807, 2.05) is 43.7 Å². The Labute approximate surface area is 186 Å². The summed E-state index contributed by atoms with van der Waals surface area (Å²) >= 11 is 0. The fraction of sp³-hybridized carbons (Fsp3) is 0.364. The minimum atomic E-state index is -0.121. The van der Waals surface area contributed by atoms with Crippen LogP contribution in [0, 0.1) is 0 Å². The van der Waals surface area contributed by atoms with Crippen LogP contribution in [0.1, 0.15) is 17.2 Å². The molecule has 0 radical (unpaired) electrons. The van der Waals surface area contributed by atoms with Gasteiger partial charge in [-0.15, -0.1) is 0 Å². The zero-order valence-corrected chi connectivity index (χ0v) is 18.3. The molecule has 10 nitrogen and oxygen atoms in total. The predicted octanol–water partition coefficient (Wildman–Crippen LogP) is 1.40. The van der Waals surface area contributed by atoms with Crippen molar-refractivity contribution in [2.45, 2.75) is 19.2 Å². The first-order valence-electron chi connectivity index (χ1n) is 10.5. The van der Waals surface area contributed by atoms with Crippen molar-refractivity contribution in [1.82, 2.24) is 29.8 Å². The molecule has 1 fully saturated rings. The molecule has 2 aromatic heterocycles. The molecule has 1 atom stereocenters. The highest BCUT2D eigenvalue weighted by Gasteiger charge is 2.25. The molecule has 1 aliphatic heterocycles. The number of anilines is 1. The van der Waals surface area contributed by atoms with Crippen LogP contribution in [0.2, 0.25) is 0 Å². The third kappa shape index (κ3) is 5.52. The Morgan fingerprint density at radius 3 is 2.97 bits per heavy atom. The Morgan fingerprint density at radius 2 is 2.22 bits per heavy atom. The van der Waals surface area contributed by atoms with Gasteiger partial charge in [-0.1, -0.05) is 12.1 Å². The summed E-state index contributed by atoms with van der Waals surface area (Å²) in [6, 6.07) is 9.57. The number of morpholine rings is 1. The second-order valence-corrected chi connectivity index (χ2v) is 7.61. The van der Waals surface area contributed by atoms with Gasteiger partial charge in [0, 0.05) is 57.0 Å². The van der Waals surface area contributed by atoms with E-state index in [1.54, 1.807) is 34.9 Å². The van der Waals surface area contributed by atoms with Crippen molar-refractivity contribution in [3.63, 3.8) is 0 Å². The minimum Gasteiger partial charge on any atom is -0.370 e. The molecule has 32 heavy (non-hydrogen) atoms. The number of aromatic nitrogens is 4. The maximum atomic E-state index is 12.2. The molecule has 0 bridgehead atoms. The lowest BCUT2D eigenvalue weighted by atomic mass is 10.1. The summed E-state index contributed by atoms with van der Waals surface area (Å²) in [5, 5.41) is 14.6. The first-order valence-corrected chi connectivity index (χ1v) is 10.5. The van der Waals surface area contributed by atoms with Crippen molar-refractivity contribution < 1.29 is 9.53 Å². The molecule has 1 aromatic carbocycles. The predicted molar refractivity (Wildman–Crippen MR) is 121 cm³/mol. The molecule has 1 saturated heterocycles. The van der Waals surface area contributed by atoms with E-state index in [1.165, 1.54) is 0 Å². The van der Waals surface area contributed by atoms with Crippen LogP contribution in [0.15, 0.2) is 60.1 Å². The summed E-state index contributed by atoms with van der Waals surface area (Å²) < 4.78 is 9.30. The van der Waals surface area contributed by atoms with E-state index < -0.39 is 0 Å². The molecule has 0 saturated carbocycles. The average Bonchev–Trinajstić information content (AvgIpc) is 3.46. The number of aryl methyl sites for hydroxylation is 1. The molecule has 1 aliphatic rings. The van der Waals surface area contributed by atoms with Gasteiger partial charge in [0.25, 0.3) is 0 Å². The smallest absolute Gasteiger partial charge is 0.246 e. The van der Waals surface area contributed by atoms with Gasteiger partial charge < -0.3 is 20.3 Å². The Hall–Kier alpha value is -3.66. The van der Waals surface area contributed by atoms with Crippen LogP contribution in [0.25, 0.3) is 0 Å². The highest BCUT2D eigenvalue weighted by molar-refractivity contribution is 5.90. The molecule has 168 valence electrons. The van der Waals surface area contributed by atoms with Gasteiger partial charge in [-0.05, 0) is 23.8 Å². The zero-order chi connectivity index (χ0) is 22.3. The highest BCUT2D eigenvalue weighted by atomic mass is 16.5. The first kappa shape index (κ1) is 21.6. The third-order valence-corrected chi connectivity index (χ3v) is 5.20. The number of hydrogen-bond acceptors (Lipinski definition) is 5. The first-order chi connectivity index (χ1) is 15.6. The van der Waals surface area contributed by atoms with Gasteiger partial charge >= 0.3 is 0 Å². The maximum Gasteiger partial charge on any atom is 0.246 e. The van der Waals surface area contributed by atoms with E-state index in [4.69, 9.17) is 4.74 Å². The summed E-state index contributed by atoms with van der Waals surface area (Å²) in [5.74, 6) is 0.694. The van der Waals surface area contributed by atoms with E-state index in [9.17, 15) is 4.79 Å². The SMILES string of the molecule is CN=C(NCc1cccc(NC(=O)Cn2cccn2)c1)N1CCOC(c2cnn(C)c2)C1. The third-order valence-electron chi connectivity index (χ3n) is 5.20. The molecule has 0 aliphatic carbocycles. The number of guanidine groups is 1. The Kier molecular flexibility index (Phi) is 6.81. The van der Waals surface area contributed by atoms with Crippen LogP contribution >= 0.6 is 0 Å². The molecule has 0 spiro atoms. The van der Waals surface area contributed by atoms with Crippen molar-refractivity contribution >= 4 is 17.6 Å². The number of aliphatic imine (C=N–C) groups is 1. The molecule has 3 heterocycles. The van der Waals surface area contributed by atoms with Gasteiger partial charge in [0.1, 0.15) is 12.6 Å². The molecular weight excluding hydrogens is 408 g/mol. The quantitative estimate of drug-likeness (QED) is 0.448. The number of hydrogen-bond donors (Lipinski definition) is 2. The van der Waals surface area contributed by atoms with Crippen LogP contribution in [0.4, 0.5) is 5.69 Å². The Bertz CT molecular complexity index is 1060. The summed E-state index contributed by atoms with van der Waals surface area (Å²) in [4.78, 5) is 18.9. The van der Waals surface area contributed by atoms with Crippen molar-refractivity contribution in [2.24, 2.45) is 12.0 Å². The normalized spacial score (nSPS) is 16.8. The van der Waals surface area contributed by atoms with Crippen molar-refractivity contribution in [2.75, 3.05) is 32.1 Å². The van der Waals surface area contributed by atoms with Crippen LogP contribution in [0.5, 0.6) is 0 Å². The van der Waals surface area contributed by atoms with E-state index >= 15 is 0 Å². The molecular formula is C22H28N8O2. The number of nitrogens with one attached hydrogen (secondary N) is 2. The van der Waals surface area contributed by atoms with E-state index in [2.05, 4.69) is 30.7 Å². The van der Waals surface area contributed by atoms with Gasteiger partial charge in [-0.25, -0.2) is 0 Å². The number of carbonyl (C=O) groups excluding carboxylic acids is 1. The van der Waals surface area contributed by atoms with Crippen molar-refractivity contribution in [3.05, 3.63) is 66.2 Å². The molecule has 10 heteroatoms. The largest absolute Gasteiger partial charge is 0.370 e. The second-order valence-electron chi connectivity index (χ2n) is 7.61. The maximum absolute atomic E-state index is 12.2. The lowest BCUT2D eigenvalue weighted by Crippen LogP contribution is -2.47. The van der Waals surface area contributed by atoms with Gasteiger partial charge in [0.2, 0.25) is 5.91 Å². The number of ether oxygens (including phenoxy) is 1. The monoisotopic (exact) mass is 436 g/mol. The molecule has 4 rings (SSSR count). The van der Waals surface area contributed by atoms with Crippen LogP contribution < -0.4 is 10.6 Å². The number of nitrogens with zero attached hydrogens (tertiary/aromatic N) is 6. The van der Waals surface area contributed by atoms with E-state index in [0.29, 0.717) is 19.7 Å². The minimum absolute atomic E-state index is 0.0377. The fourth-order valence-electron chi connectivity index (χ4n) is 3.66. The zero-order valence-electron chi connectivity index (χ0n) is 18.3. The van der Waals surface area contributed by atoms with Gasteiger partial charge in [-0.3, -0.25) is 19.2 Å². The lowest BCUT2D eigenvalue weighted by molar-refractivity contribution is -0.116. The van der Waals surface area contributed by atoms with E-state index in [-0.39, 0.29) is 18.6 Å². The molecule has 1 amide bonds. The molecule has 3 aromatic rings. The Balaban J connectivity index is 1.32. The fourth-order valence-corrected chi connectivity index (χ4v) is 3.66. The van der Waals surface area contributed by atoms with Crippen molar-refractivity contribution in [3.8, 4) is 0 Å². The van der Waals surface area contributed by atoms with Crippen LogP contribution in [0.3, 0.4) is 0 Å². The molecule has 1 unspecified atom stereocenters. The topological polar surface area (TPSA) is 102 Å². The number of rotatable bonds is 6. The Morgan fingerprint density at radius 1 is 1.31 bits per heavy atom. The number of amides is 1. The lowest BCUT2D eigenvalue weighted by Gasteiger charge is -2.34. The van der Waals surface area contributed by atoms with Crippen LogP contribution in [-0.2, 0) is 29.7 Å². The standard InChI is InChI=1S/C22H28N8O2/c1-23-22(29-9-10-32-20(15-29)18-13-26-28(2)14-18)24-12-17-5-3-6-19(11-17)27-21(31)16-30-8-4-7-25-30/h3-8,11,13-14,20H,9-10,12,15-16H2,1-2H3,(H,23,24)(H,27,31). The van der Waals surface area contributed by atoms with E-state index in [0.717, 1.165) is 29.3 Å². The summed E-state index contributed by atoms with van der Waals surface area (Å²) in [5.41, 5.74) is 2.85. The summed E-state index contributed by atoms with van der Waals surface area (Å²) in [6.07, 6.45) is 7.20. The van der Waals surface area contributed by atoms with Gasteiger partial charge in [0.05, 0.1) is 19.3 Å². The average molecular weight is 437 g/mol. The van der Waals surface area contributed by atoms with Crippen molar-refractivity contribution in [1.29, 1.82) is 0 Å². The number of carbonyl (C=O) groups is 1. The summed E-state index contributed by atoms with van der Waals surface area (Å²) in [7, 11) is 3.68. The van der Waals surface area contributed by atoms with Gasteiger partial charge in [0.15, 0.2) is 5.96 Å².